The van der Waals surface area contributed by atoms with E-state index in [1.54, 1.807) is 49.6 Å². The van der Waals surface area contributed by atoms with Crippen molar-refractivity contribution in [3.05, 3.63) is 66.0 Å². The fourth-order valence-electron chi connectivity index (χ4n) is 1.33. The lowest BCUT2D eigenvalue weighted by molar-refractivity contribution is 0.102. The van der Waals surface area contributed by atoms with Crippen LogP contribution in [0.15, 0.2) is 57.6 Å². The predicted molar refractivity (Wildman–Crippen MR) is 64.7 cm³/mol. The molecule has 86 valence electrons. The summed E-state index contributed by atoms with van der Waals surface area (Å²) in [5.41, 5.74) is 0. The van der Waals surface area contributed by atoms with Gasteiger partial charge >= 0.3 is 0 Å². The Morgan fingerprint density at radius 1 is 1.24 bits per heavy atom. The Kier molecular flexibility index (Phi) is 3.40. The Morgan fingerprint density at radius 3 is 2.76 bits per heavy atom. The van der Waals surface area contributed by atoms with Crippen molar-refractivity contribution >= 4 is 11.9 Å². The Labute approximate surface area is 99.0 Å². The smallest absolute Gasteiger partial charge is 0.220 e. The summed E-state index contributed by atoms with van der Waals surface area (Å²) in [6.07, 6.45) is 8.23. The van der Waals surface area contributed by atoms with Gasteiger partial charge in [-0.15, -0.1) is 0 Å². The number of carbonyl (C=O) groups excluding carboxylic acids is 1. The third-order valence-corrected chi connectivity index (χ3v) is 2.15. The van der Waals surface area contributed by atoms with Crippen LogP contribution in [0, 0.1) is 6.92 Å². The summed E-state index contributed by atoms with van der Waals surface area (Å²) in [6.45, 7) is 1.80. The molecule has 2 aromatic rings. The third-order valence-electron chi connectivity index (χ3n) is 2.15. The van der Waals surface area contributed by atoms with E-state index >= 15 is 0 Å². The van der Waals surface area contributed by atoms with Gasteiger partial charge in [-0.1, -0.05) is 12.2 Å². The third kappa shape index (κ3) is 3.08. The molecule has 17 heavy (non-hydrogen) atoms. The van der Waals surface area contributed by atoms with Gasteiger partial charge in [0.15, 0.2) is 5.76 Å². The van der Waals surface area contributed by atoms with Crippen molar-refractivity contribution in [2.24, 2.45) is 0 Å². The summed E-state index contributed by atoms with van der Waals surface area (Å²) in [5, 5.41) is 0. The van der Waals surface area contributed by atoms with Crippen molar-refractivity contribution in [2.45, 2.75) is 6.92 Å². The lowest BCUT2D eigenvalue weighted by atomic mass is 10.2. The zero-order valence-electron chi connectivity index (χ0n) is 9.42. The van der Waals surface area contributed by atoms with Crippen LogP contribution in [-0.2, 0) is 0 Å². The standard InChI is InChI=1S/C14H12O3/c1-11-8-9-14(17-11)13(15)7-3-2-5-12-6-4-10-16-12/h2-10H,1H3/b5-2+,7-3+. The van der Waals surface area contributed by atoms with E-state index < -0.39 is 0 Å². The molecule has 0 aliphatic heterocycles. The minimum absolute atomic E-state index is 0.151. The van der Waals surface area contributed by atoms with Crippen LogP contribution in [0.25, 0.3) is 6.08 Å². The molecule has 0 radical (unpaired) electrons. The van der Waals surface area contributed by atoms with Crippen LogP contribution in [0.1, 0.15) is 22.1 Å². The normalized spacial score (nSPS) is 11.6. The van der Waals surface area contributed by atoms with Crippen molar-refractivity contribution in [1.29, 1.82) is 0 Å². The van der Waals surface area contributed by atoms with E-state index in [0.29, 0.717) is 5.76 Å². The van der Waals surface area contributed by atoms with Gasteiger partial charge in [-0.2, -0.15) is 0 Å². The highest BCUT2D eigenvalue weighted by Gasteiger charge is 2.04. The number of aryl methyl sites for hydroxylation is 1. The Bertz CT molecular complexity index is 542. The first-order valence-corrected chi connectivity index (χ1v) is 5.25. The van der Waals surface area contributed by atoms with Gasteiger partial charge in [0.2, 0.25) is 5.78 Å². The average molecular weight is 228 g/mol. The van der Waals surface area contributed by atoms with Gasteiger partial charge in [-0.05, 0) is 43.3 Å². The summed E-state index contributed by atoms with van der Waals surface area (Å²) in [4.78, 5) is 11.6. The lowest BCUT2D eigenvalue weighted by Crippen LogP contribution is -1.89. The second-order valence-corrected chi connectivity index (χ2v) is 3.51. The van der Waals surface area contributed by atoms with Crippen molar-refractivity contribution < 1.29 is 13.6 Å². The second kappa shape index (κ2) is 5.16. The molecule has 0 aromatic carbocycles. The summed E-state index contributed by atoms with van der Waals surface area (Å²) in [5.74, 6) is 1.68. The van der Waals surface area contributed by atoms with E-state index in [1.807, 2.05) is 6.07 Å². The first-order chi connectivity index (χ1) is 8.25. The molecule has 0 atom stereocenters. The van der Waals surface area contributed by atoms with Crippen LogP contribution in [0.2, 0.25) is 0 Å². The quantitative estimate of drug-likeness (QED) is 0.456. The minimum atomic E-state index is -0.151. The van der Waals surface area contributed by atoms with Crippen LogP contribution >= 0.6 is 0 Å². The molecule has 0 unspecified atom stereocenters. The van der Waals surface area contributed by atoms with Gasteiger partial charge < -0.3 is 8.83 Å². The van der Waals surface area contributed by atoms with Crippen molar-refractivity contribution in [3.63, 3.8) is 0 Å². The van der Waals surface area contributed by atoms with E-state index in [-0.39, 0.29) is 5.78 Å². The summed E-state index contributed by atoms with van der Waals surface area (Å²) >= 11 is 0. The fourth-order valence-corrected chi connectivity index (χ4v) is 1.33. The van der Waals surface area contributed by atoms with Gasteiger partial charge in [0.05, 0.1) is 6.26 Å². The molecule has 0 aliphatic rings. The van der Waals surface area contributed by atoms with E-state index in [9.17, 15) is 4.79 Å². The number of hydrogen-bond donors (Lipinski definition) is 0. The molecule has 2 heterocycles. The first-order valence-electron chi connectivity index (χ1n) is 5.25. The highest BCUT2D eigenvalue weighted by atomic mass is 16.3. The number of ketones is 1. The highest BCUT2D eigenvalue weighted by Crippen LogP contribution is 2.08. The minimum Gasteiger partial charge on any atom is -0.465 e. The molecule has 3 nitrogen and oxygen atoms in total. The molecule has 0 fully saturated rings. The number of furan rings is 2. The molecular formula is C14H12O3. The topological polar surface area (TPSA) is 43.4 Å². The van der Waals surface area contributed by atoms with Gasteiger partial charge in [0.1, 0.15) is 11.5 Å². The molecule has 2 rings (SSSR count). The molecule has 0 spiro atoms. The van der Waals surface area contributed by atoms with Crippen LogP contribution in [-0.4, -0.2) is 5.78 Å². The Balaban J connectivity index is 1.95. The molecule has 0 aliphatic carbocycles. The molecule has 3 heteroatoms. The maximum absolute atomic E-state index is 11.6. The van der Waals surface area contributed by atoms with Gasteiger partial charge in [-0.3, -0.25) is 4.79 Å². The molecule has 0 saturated heterocycles. The van der Waals surface area contributed by atoms with Gasteiger partial charge in [0, 0.05) is 0 Å². The summed E-state index contributed by atoms with van der Waals surface area (Å²) in [7, 11) is 0. The summed E-state index contributed by atoms with van der Waals surface area (Å²) in [6, 6.07) is 7.07. The van der Waals surface area contributed by atoms with Crippen LogP contribution in [0.4, 0.5) is 0 Å². The van der Waals surface area contributed by atoms with E-state index in [1.165, 1.54) is 6.08 Å². The maximum Gasteiger partial charge on any atom is 0.220 e. The number of allylic oxidation sites excluding steroid dienone is 3. The SMILES string of the molecule is Cc1ccc(C(=O)/C=C/C=C/c2ccco2)o1. The van der Waals surface area contributed by atoms with Crippen LogP contribution in [0.5, 0.6) is 0 Å². The number of carbonyl (C=O) groups is 1. The summed E-state index contributed by atoms with van der Waals surface area (Å²) < 4.78 is 10.3. The fraction of sp³-hybridized carbons (Fsp3) is 0.0714. The predicted octanol–water partition coefficient (Wildman–Crippen LogP) is 3.63. The lowest BCUT2D eigenvalue weighted by Gasteiger charge is -1.87. The highest BCUT2D eigenvalue weighted by molar-refractivity contribution is 6.02. The van der Waals surface area contributed by atoms with E-state index in [0.717, 1.165) is 11.5 Å². The monoisotopic (exact) mass is 228 g/mol. The molecule has 0 N–H and O–H groups in total. The molecule has 0 bridgehead atoms. The Hall–Kier alpha value is -2.29. The van der Waals surface area contributed by atoms with Crippen LogP contribution in [0.3, 0.4) is 0 Å². The van der Waals surface area contributed by atoms with E-state index in [2.05, 4.69) is 0 Å². The van der Waals surface area contributed by atoms with Crippen molar-refractivity contribution in [3.8, 4) is 0 Å². The zero-order valence-corrected chi connectivity index (χ0v) is 9.42. The molecule has 0 amide bonds. The molecule has 2 aromatic heterocycles. The molecular weight excluding hydrogens is 216 g/mol. The van der Waals surface area contributed by atoms with Gasteiger partial charge in [0.25, 0.3) is 0 Å². The average Bonchev–Trinajstić information content (AvgIpc) is 2.95. The molecule has 0 saturated carbocycles. The van der Waals surface area contributed by atoms with Crippen molar-refractivity contribution in [1.82, 2.24) is 0 Å². The zero-order chi connectivity index (χ0) is 12.1. The van der Waals surface area contributed by atoms with E-state index in [4.69, 9.17) is 8.83 Å². The second-order valence-electron chi connectivity index (χ2n) is 3.51. The number of hydrogen-bond acceptors (Lipinski definition) is 3. The maximum atomic E-state index is 11.6. The Morgan fingerprint density at radius 2 is 2.12 bits per heavy atom. The van der Waals surface area contributed by atoms with Gasteiger partial charge in [-0.25, -0.2) is 0 Å². The van der Waals surface area contributed by atoms with Crippen molar-refractivity contribution in [2.75, 3.05) is 0 Å². The number of rotatable bonds is 4. The largest absolute Gasteiger partial charge is 0.465 e. The first kappa shape index (κ1) is 11.2. The van der Waals surface area contributed by atoms with Crippen LogP contribution < -0.4 is 0 Å².